The molecule has 0 fully saturated rings. The average molecular weight is 259 g/mol. The summed E-state index contributed by atoms with van der Waals surface area (Å²) in [6.45, 7) is 0. The summed E-state index contributed by atoms with van der Waals surface area (Å²) in [6.07, 6.45) is 0. The first kappa shape index (κ1) is 12.9. The second-order valence-electron chi connectivity index (χ2n) is 3.99. The van der Waals surface area contributed by atoms with Gasteiger partial charge in [-0.05, 0) is 30.3 Å². The highest BCUT2D eigenvalue weighted by Crippen LogP contribution is 2.25. The first-order valence-corrected chi connectivity index (χ1v) is 5.75. The van der Waals surface area contributed by atoms with Gasteiger partial charge in [-0.1, -0.05) is 12.1 Å². The third kappa shape index (κ3) is 2.82. The van der Waals surface area contributed by atoms with E-state index in [0.29, 0.717) is 22.6 Å². The van der Waals surface area contributed by atoms with Gasteiger partial charge in [-0.3, -0.25) is 4.79 Å². The van der Waals surface area contributed by atoms with E-state index in [2.05, 4.69) is 10.6 Å². The van der Waals surface area contributed by atoms with Crippen LogP contribution in [0.3, 0.4) is 0 Å². The van der Waals surface area contributed by atoms with Gasteiger partial charge in [0.25, 0.3) is 5.91 Å². The summed E-state index contributed by atoms with van der Waals surface area (Å²) in [5.74, 6) is -0.661. The Kier molecular flexibility index (Phi) is 3.66. The molecular formula is C14H14FN3O. The predicted octanol–water partition coefficient (Wildman–Crippen LogP) is 2.51. The van der Waals surface area contributed by atoms with E-state index in [0.717, 1.165) is 0 Å². The molecule has 0 saturated carbocycles. The van der Waals surface area contributed by atoms with Crippen LogP contribution in [-0.2, 0) is 0 Å². The molecule has 0 aliphatic heterocycles. The number of amides is 1. The Morgan fingerprint density at radius 1 is 1.16 bits per heavy atom. The normalized spacial score (nSPS) is 10.0. The maximum atomic E-state index is 13.6. The standard InChI is InChI=1S/C14H14FN3O/c1-17-14(19)10-7-6-9(16)8-13(10)18-12-5-3-2-4-11(12)15/h2-8,18H,16H2,1H3,(H,17,19). The lowest BCUT2D eigenvalue weighted by molar-refractivity contribution is 0.0964. The van der Waals surface area contributed by atoms with Crippen LogP contribution in [0.15, 0.2) is 42.5 Å². The molecule has 2 aromatic carbocycles. The zero-order valence-electron chi connectivity index (χ0n) is 10.4. The summed E-state index contributed by atoms with van der Waals surface area (Å²) in [6, 6.07) is 11.0. The first-order chi connectivity index (χ1) is 9.11. The van der Waals surface area contributed by atoms with Crippen LogP contribution in [-0.4, -0.2) is 13.0 Å². The molecule has 0 saturated heterocycles. The molecule has 0 aliphatic rings. The van der Waals surface area contributed by atoms with Crippen molar-refractivity contribution in [2.24, 2.45) is 0 Å². The van der Waals surface area contributed by atoms with Gasteiger partial charge in [0.2, 0.25) is 0 Å². The minimum Gasteiger partial charge on any atom is -0.399 e. The van der Waals surface area contributed by atoms with Crippen LogP contribution in [0, 0.1) is 5.82 Å². The molecule has 4 nitrogen and oxygen atoms in total. The number of carbonyl (C=O) groups is 1. The summed E-state index contributed by atoms with van der Waals surface area (Å²) >= 11 is 0. The monoisotopic (exact) mass is 259 g/mol. The molecular weight excluding hydrogens is 245 g/mol. The van der Waals surface area contributed by atoms with Crippen molar-refractivity contribution >= 4 is 23.0 Å². The largest absolute Gasteiger partial charge is 0.399 e. The van der Waals surface area contributed by atoms with Crippen LogP contribution in [0.4, 0.5) is 21.5 Å². The maximum absolute atomic E-state index is 13.6. The highest BCUT2D eigenvalue weighted by Gasteiger charge is 2.11. The van der Waals surface area contributed by atoms with Gasteiger partial charge in [0, 0.05) is 12.7 Å². The number of hydrogen-bond donors (Lipinski definition) is 3. The maximum Gasteiger partial charge on any atom is 0.253 e. The third-order valence-corrected chi connectivity index (χ3v) is 2.66. The van der Waals surface area contributed by atoms with E-state index in [-0.39, 0.29) is 5.91 Å². The quantitative estimate of drug-likeness (QED) is 0.742. The number of nitrogen functional groups attached to an aromatic ring is 1. The number of nitrogens with one attached hydrogen (secondary N) is 2. The fraction of sp³-hybridized carbons (Fsp3) is 0.0714. The molecule has 2 rings (SSSR count). The number of nitrogens with two attached hydrogens (primary N) is 1. The van der Waals surface area contributed by atoms with E-state index in [1.807, 2.05) is 0 Å². The lowest BCUT2D eigenvalue weighted by Crippen LogP contribution is -2.19. The van der Waals surface area contributed by atoms with Crippen molar-refractivity contribution < 1.29 is 9.18 Å². The van der Waals surface area contributed by atoms with Crippen molar-refractivity contribution in [2.75, 3.05) is 18.1 Å². The Morgan fingerprint density at radius 3 is 2.58 bits per heavy atom. The summed E-state index contributed by atoms with van der Waals surface area (Å²) in [4.78, 5) is 11.7. The second kappa shape index (κ2) is 5.39. The van der Waals surface area contributed by atoms with Gasteiger partial charge in [-0.2, -0.15) is 0 Å². The Morgan fingerprint density at radius 2 is 1.89 bits per heavy atom. The zero-order chi connectivity index (χ0) is 13.8. The van der Waals surface area contributed by atoms with Gasteiger partial charge in [0.05, 0.1) is 16.9 Å². The highest BCUT2D eigenvalue weighted by molar-refractivity contribution is 6.00. The molecule has 0 aliphatic carbocycles. The zero-order valence-corrected chi connectivity index (χ0v) is 10.4. The first-order valence-electron chi connectivity index (χ1n) is 5.75. The van der Waals surface area contributed by atoms with Crippen LogP contribution < -0.4 is 16.4 Å². The van der Waals surface area contributed by atoms with E-state index in [9.17, 15) is 9.18 Å². The minimum absolute atomic E-state index is 0.265. The van der Waals surface area contributed by atoms with E-state index < -0.39 is 5.82 Å². The van der Waals surface area contributed by atoms with Crippen molar-refractivity contribution in [3.8, 4) is 0 Å². The molecule has 0 aromatic heterocycles. The predicted molar refractivity (Wildman–Crippen MR) is 73.9 cm³/mol. The SMILES string of the molecule is CNC(=O)c1ccc(N)cc1Nc1ccccc1F. The topological polar surface area (TPSA) is 67.2 Å². The van der Waals surface area contributed by atoms with Gasteiger partial charge in [-0.15, -0.1) is 0 Å². The average Bonchev–Trinajstić information content (AvgIpc) is 2.41. The van der Waals surface area contributed by atoms with E-state index in [1.165, 1.54) is 13.1 Å². The van der Waals surface area contributed by atoms with Crippen LogP contribution in [0.25, 0.3) is 0 Å². The fourth-order valence-corrected chi connectivity index (χ4v) is 1.71. The Labute approximate surface area is 110 Å². The number of benzene rings is 2. The molecule has 98 valence electrons. The molecule has 0 unspecified atom stereocenters. The molecule has 5 heteroatoms. The van der Waals surface area contributed by atoms with Gasteiger partial charge < -0.3 is 16.4 Å². The molecule has 0 heterocycles. The number of rotatable bonds is 3. The molecule has 0 bridgehead atoms. The Hall–Kier alpha value is -2.56. The second-order valence-corrected chi connectivity index (χ2v) is 3.99. The van der Waals surface area contributed by atoms with Gasteiger partial charge in [0.15, 0.2) is 0 Å². The Balaban J connectivity index is 2.41. The molecule has 19 heavy (non-hydrogen) atoms. The van der Waals surface area contributed by atoms with Crippen molar-refractivity contribution in [3.05, 3.63) is 53.8 Å². The summed E-state index contributed by atoms with van der Waals surface area (Å²) < 4.78 is 13.6. The third-order valence-electron chi connectivity index (χ3n) is 2.66. The lowest BCUT2D eigenvalue weighted by Gasteiger charge is -2.12. The molecule has 0 atom stereocenters. The summed E-state index contributed by atoms with van der Waals surface area (Å²) in [7, 11) is 1.53. The number of hydrogen-bond acceptors (Lipinski definition) is 3. The van der Waals surface area contributed by atoms with Crippen LogP contribution in [0.5, 0.6) is 0 Å². The van der Waals surface area contributed by atoms with E-state index in [1.54, 1.807) is 36.4 Å². The van der Waals surface area contributed by atoms with Crippen molar-refractivity contribution in [1.29, 1.82) is 0 Å². The molecule has 1 amide bonds. The smallest absolute Gasteiger partial charge is 0.253 e. The van der Waals surface area contributed by atoms with Gasteiger partial charge >= 0.3 is 0 Å². The van der Waals surface area contributed by atoms with Crippen LogP contribution >= 0.6 is 0 Å². The van der Waals surface area contributed by atoms with Crippen LogP contribution in [0.2, 0.25) is 0 Å². The van der Waals surface area contributed by atoms with Crippen molar-refractivity contribution in [2.45, 2.75) is 0 Å². The number of carbonyl (C=O) groups excluding carboxylic acids is 1. The number of halogens is 1. The number of anilines is 3. The van der Waals surface area contributed by atoms with Gasteiger partial charge in [-0.25, -0.2) is 4.39 Å². The highest BCUT2D eigenvalue weighted by atomic mass is 19.1. The summed E-state index contributed by atoms with van der Waals surface area (Å²) in [5.41, 5.74) is 7.34. The molecule has 0 radical (unpaired) electrons. The van der Waals surface area contributed by atoms with E-state index in [4.69, 9.17) is 5.73 Å². The number of para-hydroxylation sites is 1. The van der Waals surface area contributed by atoms with Gasteiger partial charge in [0.1, 0.15) is 5.82 Å². The lowest BCUT2D eigenvalue weighted by atomic mass is 10.1. The Bertz CT molecular complexity index is 613. The van der Waals surface area contributed by atoms with E-state index >= 15 is 0 Å². The van der Waals surface area contributed by atoms with Crippen molar-refractivity contribution in [1.82, 2.24) is 5.32 Å². The molecule has 2 aromatic rings. The van der Waals surface area contributed by atoms with Crippen molar-refractivity contribution in [3.63, 3.8) is 0 Å². The molecule has 0 spiro atoms. The van der Waals surface area contributed by atoms with Crippen LogP contribution in [0.1, 0.15) is 10.4 Å². The molecule has 4 N–H and O–H groups in total. The fourth-order valence-electron chi connectivity index (χ4n) is 1.71. The summed E-state index contributed by atoms with van der Waals surface area (Å²) in [5, 5.41) is 5.41. The minimum atomic E-state index is -0.396.